The summed E-state index contributed by atoms with van der Waals surface area (Å²) in [5.41, 5.74) is 2.96. The molecule has 26 heavy (non-hydrogen) atoms. The van der Waals surface area contributed by atoms with Crippen molar-refractivity contribution in [3.63, 3.8) is 0 Å². The van der Waals surface area contributed by atoms with E-state index < -0.39 is 0 Å². The van der Waals surface area contributed by atoms with Crippen LogP contribution in [0.25, 0.3) is 16.9 Å². The van der Waals surface area contributed by atoms with Gasteiger partial charge in [0.05, 0.1) is 30.8 Å². The molecule has 1 aliphatic heterocycles. The highest BCUT2D eigenvalue weighted by Crippen LogP contribution is 2.22. The largest absolute Gasteiger partial charge is 0.378 e. The average Bonchev–Trinajstić information content (AvgIpc) is 3.19. The van der Waals surface area contributed by atoms with Gasteiger partial charge in [0, 0.05) is 24.2 Å². The van der Waals surface area contributed by atoms with Gasteiger partial charge < -0.3 is 9.64 Å². The van der Waals surface area contributed by atoms with Crippen LogP contribution in [0, 0.1) is 5.82 Å². The average molecular weight is 352 g/mol. The SMILES string of the molecule is O=C(c1ccc(-n2nncc2-c2ccc(F)cc2)cc1)N1CCOCC1. The number of carbonyl (C=O) groups excluding carboxylic acids is 1. The maximum Gasteiger partial charge on any atom is 0.254 e. The van der Waals surface area contributed by atoms with Crippen LogP contribution in [0.5, 0.6) is 0 Å². The van der Waals surface area contributed by atoms with E-state index in [4.69, 9.17) is 4.74 Å². The van der Waals surface area contributed by atoms with Crippen LogP contribution in [0.4, 0.5) is 4.39 Å². The fourth-order valence-corrected chi connectivity index (χ4v) is 2.94. The van der Waals surface area contributed by atoms with E-state index >= 15 is 0 Å². The summed E-state index contributed by atoms with van der Waals surface area (Å²) in [5.74, 6) is -0.295. The number of morpholine rings is 1. The molecule has 7 heteroatoms. The molecule has 6 nitrogen and oxygen atoms in total. The summed E-state index contributed by atoms with van der Waals surface area (Å²) in [6, 6.07) is 13.4. The second-order valence-corrected chi connectivity index (χ2v) is 5.99. The molecule has 0 radical (unpaired) electrons. The van der Waals surface area contributed by atoms with Crippen molar-refractivity contribution in [2.75, 3.05) is 26.3 Å². The molecule has 1 amide bonds. The molecular formula is C19H17FN4O2. The minimum absolute atomic E-state index is 0.00259. The molecule has 3 aromatic rings. The Balaban J connectivity index is 1.59. The second kappa shape index (κ2) is 7.05. The van der Waals surface area contributed by atoms with Gasteiger partial charge in [-0.15, -0.1) is 5.10 Å². The molecule has 4 rings (SSSR count). The molecular weight excluding hydrogens is 335 g/mol. The van der Waals surface area contributed by atoms with Gasteiger partial charge in [-0.1, -0.05) is 5.21 Å². The van der Waals surface area contributed by atoms with Crippen LogP contribution in [0.3, 0.4) is 0 Å². The predicted molar refractivity (Wildman–Crippen MR) is 93.5 cm³/mol. The zero-order chi connectivity index (χ0) is 17.9. The van der Waals surface area contributed by atoms with E-state index in [1.807, 2.05) is 12.1 Å². The van der Waals surface area contributed by atoms with Crippen molar-refractivity contribution in [1.82, 2.24) is 19.9 Å². The Morgan fingerprint density at radius 3 is 2.38 bits per heavy atom. The number of hydrogen-bond acceptors (Lipinski definition) is 4. The Morgan fingerprint density at radius 1 is 1.00 bits per heavy atom. The molecule has 0 saturated carbocycles. The Labute approximate surface area is 149 Å². The fraction of sp³-hybridized carbons (Fsp3) is 0.211. The minimum Gasteiger partial charge on any atom is -0.378 e. The number of ether oxygens (including phenoxy) is 1. The number of carbonyl (C=O) groups is 1. The summed E-state index contributed by atoms with van der Waals surface area (Å²) in [6.07, 6.45) is 1.63. The third kappa shape index (κ3) is 3.21. The van der Waals surface area contributed by atoms with E-state index in [9.17, 15) is 9.18 Å². The lowest BCUT2D eigenvalue weighted by Crippen LogP contribution is -2.40. The smallest absolute Gasteiger partial charge is 0.254 e. The summed E-state index contributed by atoms with van der Waals surface area (Å²) in [4.78, 5) is 14.3. The fourth-order valence-electron chi connectivity index (χ4n) is 2.94. The quantitative estimate of drug-likeness (QED) is 0.727. The van der Waals surface area contributed by atoms with Crippen LogP contribution in [0.15, 0.2) is 54.7 Å². The molecule has 0 atom stereocenters. The molecule has 0 spiro atoms. The second-order valence-electron chi connectivity index (χ2n) is 5.99. The van der Waals surface area contributed by atoms with Gasteiger partial charge >= 0.3 is 0 Å². The number of rotatable bonds is 3. The van der Waals surface area contributed by atoms with E-state index in [2.05, 4.69) is 10.3 Å². The van der Waals surface area contributed by atoms with E-state index in [0.717, 1.165) is 16.9 Å². The number of hydrogen-bond donors (Lipinski definition) is 0. The molecule has 1 saturated heterocycles. The highest BCUT2D eigenvalue weighted by Gasteiger charge is 2.18. The molecule has 1 fully saturated rings. The summed E-state index contributed by atoms with van der Waals surface area (Å²) in [7, 11) is 0. The predicted octanol–water partition coefficient (Wildman–Crippen LogP) is 2.55. The Bertz CT molecular complexity index is 900. The molecule has 132 valence electrons. The molecule has 2 heterocycles. The number of aromatic nitrogens is 3. The first-order valence-corrected chi connectivity index (χ1v) is 8.36. The van der Waals surface area contributed by atoms with Crippen molar-refractivity contribution < 1.29 is 13.9 Å². The zero-order valence-electron chi connectivity index (χ0n) is 14.0. The molecule has 0 unspecified atom stereocenters. The first kappa shape index (κ1) is 16.4. The summed E-state index contributed by atoms with van der Waals surface area (Å²) >= 11 is 0. The highest BCUT2D eigenvalue weighted by atomic mass is 19.1. The maximum absolute atomic E-state index is 13.1. The van der Waals surface area contributed by atoms with Gasteiger partial charge in [0.15, 0.2) is 0 Å². The van der Waals surface area contributed by atoms with Crippen molar-refractivity contribution in [3.05, 3.63) is 66.1 Å². The first-order valence-electron chi connectivity index (χ1n) is 8.36. The van der Waals surface area contributed by atoms with Crippen LogP contribution in [-0.4, -0.2) is 52.1 Å². The van der Waals surface area contributed by atoms with Gasteiger partial charge in [0.1, 0.15) is 5.82 Å². The number of halogens is 1. The topological polar surface area (TPSA) is 60.2 Å². The minimum atomic E-state index is -0.293. The first-order chi connectivity index (χ1) is 12.7. The standard InChI is InChI=1S/C19H17FN4O2/c20-16-5-1-14(2-6-16)18-13-21-22-24(18)17-7-3-15(4-8-17)19(25)23-9-11-26-12-10-23/h1-8,13H,9-12H2. The molecule has 1 aromatic heterocycles. The van der Waals surface area contributed by atoms with E-state index in [-0.39, 0.29) is 11.7 Å². The molecule has 2 aromatic carbocycles. The van der Waals surface area contributed by atoms with Crippen molar-refractivity contribution >= 4 is 5.91 Å². The lowest BCUT2D eigenvalue weighted by molar-refractivity contribution is 0.0303. The number of benzene rings is 2. The lowest BCUT2D eigenvalue weighted by Gasteiger charge is -2.26. The Kier molecular flexibility index (Phi) is 4.45. The summed E-state index contributed by atoms with van der Waals surface area (Å²) in [6.45, 7) is 2.37. The van der Waals surface area contributed by atoms with Gasteiger partial charge in [-0.05, 0) is 48.5 Å². The molecule has 1 aliphatic rings. The summed E-state index contributed by atoms with van der Waals surface area (Å²) in [5, 5.41) is 8.07. The third-order valence-electron chi connectivity index (χ3n) is 4.35. The normalized spacial score (nSPS) is 14.4. The van der Waals surface area contributed by atoms with Crippen molar-refractivity contribution in [1.29, 1.82) is 0 Å². The van der Waals surface area contributed by atoms with Crippen LogP contribution in [0.2, 0.25) is 0 Å². The Morgan fingerprint density at radius 2 is 1.69 bits per heavy atom. The maximum atomic E-state index is 13.1. The van der Waals surface area contributed by atoms with Gasteiger partial charge in [0.25, 0.3) is 5.91 Å². The van der Waals surface area contributed by atoms with Gasteiger partial charge in [-0.2, -0.15) is 0 Å². The van der Waals surface area contributed by atoms with Gasteiger partial charge in [-0.25, -0.2) is 9.07 Å². The Hall–Kier alpha value is -3.06. The van der Waals surface area contributed by atoms with Crippen LogP contribution in [0.1, 0.15) is 10.4 Å². The number of nitrogens with zero attached hydrogens (tertiary/aromatic N) is 4. The molecule has 0 N–H and O–H groups in total. The highest BCUT2D eigenvalue weighted by molar-refractivity contribution is 5.94. The van der Waals surface area contributed by atoms with Crippen LogP contribution in [-0.2, 0) is 4.74 Å². The number of amides is 1. The van der Waals surface area contributed by atoms with E-state index in [0.29, 0.717) is 31.9 Å². The molecule has 0 bridgehead atoms. The van der Waals surface area contributed by atoms with E-state index in [1.54, 1.807) is 40.0 Å². The van der Waals surface area contributed by atoms with Gasteiger partial charge in [0.2, 0.25) is 0 Å². The van der Waals surface area contributed by atoms with Crippen LogP contribution < -0.4 is 0 Å². The van der Waals surface area contributed by atoms with E-state index in [1.165, 1.54) is 12.1 Å². The lowest BCUT2D eigenvalue weighted by atomic mass is 10.1. The van der Waals surface area contributed by atoms with Crippen molar-refractivity contribution in [3.8, 4) is 16.9 Å². The molecule has 0 aliphatic carbocycles. The third-order valence-corrected chi connectivity index (χ3v) is 4.35. The van der Waals surface area contributed by atoms with Crippen molar-refractivity contribution in [2.45, 2.75) is 0 Å². The summed E-state index contributed by atoms with van der Waals surface area (Å²) < 4.78 is 20.1. The van der Waals surface area contributed by atoms with Crippen LogP contribution >= 0.6 is 0 Å². The van der Waals surface area contributed by atoms with Crippen molar-refractivity contribution in [2.24, 2.45) is 0 Å². The van der Waals surface area contributed by atoms with Gasteiger partial charge in [-0.3, -0.25) is 4.79 Å². The zero-order valence-corrected chi connectivity index (χ0v) is 14.0. The monoisotopic (exact) mass is 352 g/mol.